The summed E-state index contributed by atoms with van der Waals surface area (Å²) >= 11 is 0. The molecule has 0 N–H and O–H groups in total. The van der Waals surface area contributed by atoms with E-state index in [0.717, 1.165) is 12.7 Å². The van der Waals surface area contributed by atoms with Crippen LogP contribution in [0.3, 0.4) is 0 Å². The van der Waals surface area contributed by atoms with E-state index in [2.05, 4.69) is 111 Å². The number of benzene rings is 2. The predicted octanol–water partition coefficient (Wildman–Crippen LogP) is 6.90. The summed E-state index contributed by atoms with van der Waals surface area (Å²) in [5, 5.41) is 0. The average molecular weight is 484 g/mol. The van der Waals surface area contributed by atoms with Gasteiger partial charge >= 0.3 is 14.2 Å². The van der Waals surface area contributed by atoms with Gasteiger partial charge in [-0.3, -0.25) is 4.70 Å². The Kier molecular flexibility index (Phi) is 9.43. The molecule has 35 heavy (non-hydrogen) atoms. The Bertz CT molecular complexity index is 887. The molecule has 7 heteroatoms. The SMILES string of the molecule is CC(B1OC(C)(C)C(C)(C)O1)c1ccccc1.CC1(C)OB(CCc2ccccc2)OC1(C)C.F. The van der Waals surface area contributed by atoms with Crippen LogP contribution in [0, 0.1) is 0 Å². The van der Waals surface area contributed by atoms with Crippen LogP contribution in [0.4, 0.5) is 4.70 Å². The van der Waals surface area contributed by atoms with E-state index in [1.807, 2.05) is 12.1 Å². The summed E-state index contributed by atoms with van der Waals surface area (Å²) in [6.07, 6.45) is 1.91. The van der Waals surface area contributed by atoms with Crippen LogP contribution >= 0.6 is 0 Å². The third-order valence-corrected chi connectivity index (χ3v) is 7.82. The van der Waals surface area contributed by atoms with E-state index in [9.17, 15) is 0 Å². The minimum atomic E-state index is -0.249. The number of halogens is 1. The van der Waals surface area contributed by atoms with Crippen molar-refractivity contribution in [1.82, 2.24) is 0 Å². The molecule has 0 bridgehead atoms. The van der Waals surface area contributed by atoms with Gasteiger partial charge in [0.05, 0.1) is 22.4 Å². The number of aryl methyl sites for hydroxylation is 1. The fourth-order valence-corrected chi connectivity index (χ4v) is 4.02. The first-order valence-corrected chi connectivity index (χ1v) is 12.5. The standard InChI is InChI=1S/2C14H21BO2.FH/c1-11(12-9-7-6-8-10-12)15-16-13(2,3)14(4,5)17-15;1-13(2)14(3,4)17-15(16-13)11-10-12-8-6-5-7-9-12;/h6-11H,1-5H3;5-9H,10-11H2,1-4H3;1H. The Hall–Kier alpha value is -1.66. The summed E-state index contributed by atoms with van der Waals surface area (Å²) in [6, 6.07) is 20.8. The molecule has 2 aliphatic heterocycles. The van der Waals surface area contributed by atoms with Gasteiger partial charge in [0.2, 0.25) is 0 Å². The molecule has 2 aliphatic rings. The molecule has 0 saturated carbocycles. The Morgan fingerprint density at radius 2 is 1.03 bits per heavy atom. The molecule has 2 saturated heterocycles. The summed E-state index contributed by atoms with van der Waals surface area (Å²) in [4.78, 5) is 0. The molecular formula is C28H43B2FO4. The van der Waals surface area contributed by atoms with Crippen molar-refractivity contribution in [2.24, 2.45) is 0 Å². The molecule has 192 valence electrons. The van der Waals surface area contributed by atoms with Gasteiger partial charge in [0.1, 0.15) is 0 Å². The lowest BCUT2D eigenvalue weighted by atomic mass is 9.69. The first-order valence-electron chi connectivity index (χ1n) is 12.5. The van der Waals surface area contributed by atoms with Gasteiger partial charge in [-0.1, -0.05) is 67.6 Å². The summed E-state index contributed by atoms with van der Waals surface area (Å²) in [5.41, 5.74) is 1.66. The molecular weight excluding hydrogens is 441 g/mol. The van der Waals surface area contributed by atoms with Crippen LogP contribution in [-0.2, 0) is 25.0 Å². The Balaban J connectivity index is 0.000000240. The van der Waals surface area contributed by atoms with Crippen LogP contribution in [0.25, 0.3) is 0 Å². The molecule has 2 heterocycles. The highest BCUT2D eigenvalue weighted by Crippen LogP contribution is 2.40. The third-order valence-electron chi connectivity index (χ3n) is 7.82. The van der Waals surface area contributed by atoms with Gasteiger partial charge in [0.25, 0.3) is 0 Å². The van der Waals surface area contributed by atoms with E-state index in [1.165, 1.54) is 11.1 Å². The van der Waals surface area contributed by atoms with E-state index in [1.54, 1.807) is 0 Å². The lowest BCUT2D eigenvalue weighted by Gasteiger charge is -2.32. The minimum absolute atomic E-state index is 0. The molecule has 2 aromatic rings. The quantitative estimate of drug-likeness (QED) is 0.433. The van der Waals surface area contributed by atoms with Crippen LogP contribution < -0.4 is 0 Å². The van der Waals surface area contributed by atoms with Crippen molar-refractivity contribution in [1.29, 1.82) is 0 Å². The van der Waals surface area contributed by atoms with Crippen molar-refractivity contribution in [3.63, 3.8) is 0 Å². The zero-order chi connectivity index (χ0) is 25.2. The monoisotopic (exact) mass is 484 g/mol. The second-order valence-corrected chi connectivity index (χ2v) is 11.5. The van der Waals surface area contributed by atoms with Crippen molar-refractivity contribution < 1.29 is 23.3 Å². The number of rotatable bonds is 5. The van der Waals surface area contributed by atoms with Crippen LogP contribution in [0.1, 0.15) is 79.3 Å². The third kappa shape index (κ3) is 6.97. The highest BCUT2D eigenvalue weighted by atomic mass is 19.0. The fourth-order valence-electron chi connectivity index (χ4n) is 4.02. The van der Waals surface area contributed by atoms with Crippen molar-refractivity contribution >= 4 is 14.2 Å². The molecule has 2 fully saturated rings. The summed E-state index contributed by atoms with van der Waals surface area (Å²) in [6.45, 7) is 18.9. The first-order chi connectivity index (χ1) is 15.7. The fraction of sp³-hybridized carbons (Fsp3) is 0.571. The van der Waals surface area contributed by atoms with Gasteiger partial charge in [-0.15, -0.1) is 0 Å². The van der Waals surface area contributed by atoms with E-state index in [4.69, 9.17) is 18.6 Å². The van der Waals surface area contributed by atoms with Gasteiger partial charge in [-0.2, -0.15) is 0 Å². The molecule has 1 unspecified atom stereocenters. The Morgan fingerprint density at radius 1 is 0.629 bits per heavy atom. The molecule has 4 rings (SSSR count). The second kappa shape index (κ2) is 11.2. The van der Waals surface area contributed by atoms with Crippen LogP contribution in [0.5, 0.6) is 0 Å². The van der Waals surface area contributed by atoms with E-state index in [-0.39, 0.29) is 47.2 Å². The van der Waals surface area contributed by atoms with Crippen molar-refractivity contribution in [2.75, 3.05) is 0 Å². The summed E-state index contributed by atoms with van der Waals surface area (Å²) in [5.74, 6) is 0.247. The maximum atomic E-state index is 6.06. The van der Waals surface area contributed by atoms with E-state index >= 15 is 0 Å². The van der Waals surface area contributed by atoms with Crippen molar-refractivity contribution in [2.45, 2.75) is 103 Å². The van der Waals surface area contributed by atoms with Gasteiger partial charge in [0.15, 0.2) is 0 Å². The van der Waals surface area contributed by atoms with Crippen molar-refractivity contribution in [3.8, 4) is 0 Å². The molecule has 0 spiro atoms. The lowest BCUT2D eigenvalue weighted by molar-refractivity contribution is 0.00578. The molecule has 0 radical (unpaired) electrons. The maximum Gasteiger partial charge on any atom is 0.465 e. The molecule has 2 aromatic carbocycles. The van der Waals surface area contributed by atoms with Crippen molar-refractivity contribution in [3.05, 3.63) is 71.8 Å². The maximum absolute atomic E-state index is 6.06. The largest absolute Gasteiger partial charge is 0.465 e. The van der Waals surface area contributed by atoms with E-state index < -0.39 is 0 Å². The first kappa shape index (κ1) is 29.6. The average Bonchev–Trinajstić information content (AvgIpc) is 3.12. The zero-order valence-corrected chi connectivity index (χ0v) is 23.0. The smallest absolute Gasteiger partial charge is 0.403 e. The van der Waals surface area contributed by atoms with Crippen LogP contribution in [0.2, 0.25) is 6.32 Å². The topological polar surface area (TPSA) is 36.9 Å². The second-order valence-electron chi connectivity index (χ2n) is 11.5. The van der Waals surface area contributed by atoms with Crippen LogP contribution in [0.15, 0.2) is 60.7 Å². The van der Waals surface area contributed by atoms with Gasteiger partial charge in [-0.25, -0.2) is 0 Å². The summed E-state index contributed by atoms with van der Waals surface area (Å²) < 4.78 is 24.0. The summed E-state index contributed by atoms with van der Waals surface area (Å²) in [7, 11) is -0.248. The van der Waals surface area contributed by atoms with Gasteiger partial charge < -0.3 is 18.6 Å². The van der Waals surface area contributed by atoms with Gasteiger partial charge in [0, 0.05) is 5.82 Å². The zero-order valence-electron chi connectivity index (χ0n) is 23.0. The highest BCUT2D eigenvalue weighted by molar-refractivity contribution is 6.47. The van der Waals surface area contributed by atoms with Gasteiger partial charge in [-0.05, 0) is 79.3 Å². The molecule has 1 atom stereocenters. The Labute approximate surface area is 212 Å². The minimum Gasteiger partial charge on any atom is -0.403 e. The number of hydrogen-bond donors (Lipinski definition) is 0. The van der Waals surface area contributed by atoms with E-state index in [0.29, 0.717) is 0 Å². The molecule has 0 aromatic heterocycles. The lowest BCUT2D eigenvalue weighted by Crippen LogP contribution is -2.41. The molecule has 4 nitrogen and oxygen atoms in total. The van der Waals surface area contributed by atoms with Crippen LogP contribution in [-0.4, -0.2) is 36.6 Å². The predicted molar refractivity (Wildman–Crippen MR) is 144 cm³/mol. The highest BCUT2D eigenvalue weighted by Gasteiger charge is 2.53. The number of hydrogen-bond acceptors (Lipinski definition) is 4. The molecule has 0 amide bonds. The molecule has 0 aliphatic carbocycles. The normalized spacial score (nSPS) is 22.1. The Morgan fingerprint density at radius 3 is 1.49 bits per heavy atom.